The van der Waals surface area contributed by atoms with E-state index >= 15 is 0 Å². The maximum atomic E-state index is 6.00. The molecular weight excluding hydrogens is 188 g/mol. The zero-order valence-electron chi connectivity index (χ0n) is 11.2. The summed E-state index contributed by atoms with van der Waals surface area (Å²) in [6.07, 6.45) is 7.17. The predicted octanol–water partition coefficient (Wildman–Crippen LogP) is 4.90. The fourth-order valence-corrected chi connectivity index (χ4v) is 1.95. The van der Waals surface area contributed by atoms with Gasteiger partial charge in [0.1, 0.15) is 0 Å². The lowest BCUT2D eigenvalue weighted by atomic mass is 9.78. The molecule has 2 heteroatoms. The molecule has 15 heavy (non-hydrogen) atoms. The van der Waals surface area contributed by atoms with Crippen LogP contribution in [0, 0.1) is 17.8 Å². The van der Waals surface area contributed by atoms with Crippen molar-refractivity contribution in [2.45, 2.75) is 66.7 Å². The standard InChI is InChI=1S/C10H20.C3H8.H2O2/c1-8(2)10-6-4-9(3)5-7-10;1-3-2;1-2/h8-10H,4-7H2,1-3H3;3H2,1-2H3;1-2H. The van der Waals surface area contributed by atoms with Gasteiger partial charge in [0.05, 0.1) is 0 Å². The van der Waals surface area contributed by atoms with Crippen molar-refractivity contribution < 1.29 is 10.5 Å². The molecule has 1 aliphatic carbocycles. The summed E-state index contributed by atoms with van der Waals surface area (Å²) >= 11 is 0. The molecule has 0 spiro atoms. The van der Waals surface area contributed by atoms with Gasteiger partial charge < -0.3 is 0 Å². The largest absolute Gasteiger partial charge is 0.255 e. The molecule has 0 heterocycles. The second kappa shape index (κ2) is 12.0. The summed E-state index contributed by atoms with van der Waals surface area (Å²) < 4.78 is 0. The van der Waals surface area contributed by atoms with Gasteiger partial charge in [0, 0.05) is 0 Å². The Kier molecular flexibility index (Phi) is 13.8. The summed E-state index contributed by atoms with van der Waals surface area (Å²) in [6, 6.07) is 0. The third-order valence-corrected chi connectivity index (χ3v) is 3.00. The fraction of sp³-hybridized carbons (Fsp3) is 1.00. The summed E-state index contributed by atoms with van der Waals surface area (Å²) in [5.41, 5.74) is 0. The Morgan fingerprint density at radius 1 is 1.00 bits per heavy atom. The van der Waals surface area contributed by atoms with Crippen LogP contribution in [0.15, 0.2) is 0 Å². The molecule has 1 rings (SSSR count). The molecule has 0 atom stereocenters. The molecule has 0 aromatic carbocycles. The smallest absolute Gasteiger partial charge is 0.0391 e. The molecule has 0 aromatic heterocycles. The van der Waals surface area contributed by atoms with Crippen molar-refractivity contribution in [2.75, 3.05) is 0 Å². The lowest BCUT2D eigenvalue weighted by molar-refractivity contribution is -0.176. The van der Waals surface area contributed by atoms with E-state index in [4.69, 9.17) is 10.5 Å². The highest BCUT2D eigenvalue weighted by atomic mass is 17.0. The van der Waals surface area contributed by atoms with Crippen molar-refractivity contribution >= 4 is 0 Å². The predicted molar refractivity (Wildman–Crippen MR) is 67.2 cm³/mol. The zero-order valence-corrected chi connectivity index (χ0v) is 11.2. The van der Waals surface area contributed by atoms with Crippen LogP contribution in [0.2, 0.25) is 0 Å². The molecule has 0 saturated heterocycles. The first kappa shape index (κ1) is 17.3. The number of rotatable bonds is 1. The minimum atomic E-state index is 0.924. The first-order valence-corrected chi connectivity index (χ1v) is 6.31. The van der Waals surface area contributed by atoms with Crippen LogP contribution in [-0.2, 0) is 0 Å². The molecule has 2 N–H and O–H groups in total. The zero-order chi connectivity index (χ0) is 12.3. The number of hydrogen-bond donors (Lipinski definition) is 2. The van der Waals surface area contributed by atoms with Crippen LogP contribution in [0.4, 0.5) is 0 Å². The van der Waals surface area contributed by atoms with Crippen molar-refractivity contribution in [3.63, 3.8) is 0 Å². The van der Waals surface area contributed by atoms with Crippen molar-refractivity contribution in [1.29, 1.82) is 0 Å². The van der Waals surface area contributed by atoms with Crippen LogP contribution in [0.1, 0.15) is 66.7 Å². The minimum absolute atomic E-state index is 0.924. The first-order valence-electron chi connectivity index (χ1n) is 6.31. The molecule has 0 radical (unpaired) electrons. The highest BCUT2D eigenvalue weighted by Gasteiger charge is 2.19. The minimum Gasteiger partial charge on any atom is -0.255 e. The SMILES string of the molecule is CC1CCC(C(C)C)CC1.CCC.OO. The summed E-state index contributed by atoms with van der Waals surface area (Å²) in [5, 5.41) is 12.0. The van der Waals surface area contributed by atoms with Crippen LogP contribution in [0.5, 0.6) is 0 Å². The van der Waals surface area contributed by atoms with Gasteiger partial charge in [-0.2, -0.15) is 0 Å². The van der Waals surface area contributed by atoms with Gasteiger partial charge in [0.15, 0.2) is 0 Å². The molecule has 0 unspecified atom stereocenters. The van der Waals surface area contributed by atoms with Crippen molar-refractivity contribution in [2.24, 2.45) is 17.8 Å². The number of hydrogen-bond acceptors (Lipinski definition) is 2. The fourth-order valence-electron chi connectivity index (χ4n) is 1.95. The van der Waals surface area contributed by atoms with E-state index in [0.717, 1.165) is 17.8 Å². The van der Waals surface area contributed by atoms with E-state index in [0.29, 0.717) is 0 Å². The Morgan fingerprint density at radius 3 is 1.60 bits per heavy atom. The summed E-state index contributed by atoms with van der Waals surface area (Å²) in [6.45, 7) is 11.4. The van der Waals surface area contributed by atoms with Gasteiger partial charge in [0.25, 0.3) is 0 Å². The lowest BCUT2D eigenvalue weighted by Crippen LogP contribution is -2.16. The lowest BCUT2D eigenvalue weighted by Gasteiger charge is -2.28. The third kappa shape index (κ3) is 10.2. The van der Waals surface area contributed by atoms with Crippen LogP contribution in [-0.4, -0.2) is 10.5 Å². The van der Waals surface area contributed by atoms with Crippen molar-refractivity contribution in [3.05, 3.63) is 0 Å². The monoisotopic (exact) mass is 218 g/mol. The van der Waals surface area contributed by atoms with Crippen molar-refractivity contribution in [1.82, 2.24) is 0 Å². The molecule has 0 aliphatic heterocycles. The van der Waals surface area contributed by atoms with E-state index in [2.05, 4.69) is 34.6 Å². The maximum absolute atomic E-state index is 6.00. The quantitative estimate of drug-likeness (QED) is 0.485. The molecule has 2 nitrogen and oxygen atoms in total. The van der Waals surface area contributed by atoms with Crippen LogP contribution in [0.25, 0.3) is 0 Å². The van der Waals surface area contributed by atoms with E-state index in [1.165, 1.54) is 32.1 Å². The normalized spacial score (nSPS) is 24.8. The highest BCUT2D eigenvalue weighted by molar-refractivity contribution is 4.71. The van der Waals surface area contributed by atoms with Gasteiger partial charge in [-0.3, -0.25) is 10.5 Å². The molecular formula is C13H30O2. The molecule has 1 saturated carbocycles. The van der Waals surface area contributed by atoms with E-state index in [9.17, 15) is 0 Å². The average molecular weight is 218 g/mol. The Morgan fingerprint density at radius 2 is 1.33 bits per heavy atom. The van der Waals surface area contributed by atoms with E-state index in [1.54, 1.807) is 0 Å². The Balaban J connectivity index is 0. The van der Waals surface area contributed by atoms with Crippen LogP contribution in [0.3, 0.4) is 0 Å². The Bertz CT molecular complexity index is 105. The topological polar surface area (TPSA) is 40.5 Å². The molecule has 0 bridgehead atoms. The van der Waals surface area contributed by atoms with Gasteiger partial charge in [0.2, 0.25) is 0 Å². The molecule has 0 amide bonds. The van der Waals surface area contributed by atoms with Crippen LogP contribution >= 0.6 is 0 Å². The molecule has 1 aliphatic rings. The van der Waals surface area contributed by atoms with Crippen LogP contribution < -0.4 is 0 Å². The average Bonchev–Trinajstić information content (AvgIpc) is 2.22. The van der Waals surface area contributed by atoms with Gasteiger partial charge in [-0.25, -0.2) is 0 Å². The van der Waals surface area contributed by atoms with Gasteiger partial charge >= 0.3 is 0 Å². The van der Waals surface area contributed by atoms with E-state index < -0.39 is 0 Å². The second-order valence-corrected chi connectivity index (χ2v) is 4.97. The summed E-state index contributed by atoms with van der Waals surface area (Å²) in [7, 11) is 0. The maximum Gasteiger partial charge on any atom is -0.0391 e. The van der Waals surface area contributed by atoms with E-state index in [-0.39, 0.29) is 0 Å². The summed E-state index contributed by atoms with van der Waals surface area (Å²) in [4.78, 5) is 0. The van der Waals surface area contributed by atoms with Gasteiger partial charge in [-0.1, -0.05) is 53.9 Å². The van der Waals surface area contributed by atoms with Gasteiger partial charge in [-0.15, -0.1) is 0 Å². The second-order valence-electron chi connectivity index (χ2n) is 4.97. The molecule has 1 fully saturated rings. The van der Waals surface area contributed by atoms with Crippen molar-refractivity contribution in [3.8, 4) is 0 Å². The third-order valence-electron chi connectivity index (χ3n) is 3.00. The molecule has 94 valence electrons. The molecule has 0 aromatic rings. The van der Waals surface area contributed by atoms with Gasteiger partial charge in [-0.05, 0) is 30.6 Å². The Labute approximate surface area is 95.6 Å². The summed E-state index contributed by atoms with van der Waals surface area (Å²) in [5.74, 6) is 2.97. The van der Waals surface area contributed by atoms with E-state index in [1.807, 2.05) is 0 Å². The highest BCUT2D eigenvalue weighted by Crippen LogP contribution is 2.32. The Hall–Kier alpha value is -0.0800. The first-order chi connectivity index (χ1) is 7.11.